The van der Waals surface area contributed by atoms with E-state index in [-0.39, 0.29) is 0 Å². The van der Waals surface area contributed by atoms with Gasteiger partial charge in [-0.3, -0.25) is 4.98 Å². The molecule has 2 nitrogen and oxygen atoms in total. The first-order valence-corrected chi connectivity index (χ1v) is 12.4. The molecule has 0 amide bonds. The van der Waals surface area contributed by atoms with Crippen molar-refractivity contribution in [1.29, 1.82) is 0 Å². The molecule has 0 radical (unpaired) electrons. The largest absolute Gasteiger partial charge is 0.456 e. The maximum atomic E-state index is 6.52. The molecule has 2 aliphatic rings. The fraction of sp³-hybridized carbons (Fsp3) is 0.258. The molecule has 33 heavy (non-hydrogen) atoms. The van der Waals surface area contributed by atoms with Crippen LogP contribution in [0.2, 0.25) is 0 Å². The maximum absolute atomic E-state index is 6.52. The van der Waals surface area contributed by atoms with Crippen LogP contribution in [0, 0.1) is 0 Å². The van der Waals surface area contributed by atoms with Crippen LogP contribution in [-0.4, -0.2) is 4.98 Å². The Balaban J connectivity index is 1.49. The van der Waals surface area contributed by atoms with Crippen LogP contribution < -0.4 is 0 Å². The smallest absolute Gasteiger partial charge is 0.138 e. The normalized spacial score (nSPS) is 15.5. The number of rotatable bonds is 2. The Kier molecular flexibility index (Phi) is 4.40. The van der Waals surface area contributed by atoms with Crippen molar-refractivity contribution in [3.8, 4) is 22.4 Å². The first-order chi connectivity index (χ1) is 16.4. The summed E-state index contributed by atoms with van der Waals surface area (Å²) >= 11 is 0. The summed E-state index contributed by atoms with van der Waals surface area (Å²) in [6, 6.07) is 22.1. The summed E-state index contributed by atoms with van der Waals surface area (Å²) in [5.74, 6) is 0. The van der Waals surface area contributed by atoms with Gasteiger partial charge in [-0.15, -0.1) is 0 Å². The first-order valence-electron chi connectivity index (χ1n) is 12.4. The van der Waals surface area contributed by atoms with Gasteiger partial charge in [0.1, 0.15) is 11.2 Å². The van der Waals surface area contributed by atoms with E-state index in [0.29, 0.717) is 0 Å². The zero-order valence-electron chi connectivity index (χ0n) is 18.9. The molecule has 5 aromatic rings. The van der Waals surface area contributed by atoms with Gasteiger partial charge in [0.05, 0.1) is 5.69 Å². The van der Waals surface area contributed by atoms with Gasteiger partial charge < -0.3 is 4.42 Å². The predicted molar refractivity (Wildman–Crippen MR) is 136 cm³/mol. The number of nitrogens with zero attached hydrogens (tertiary/aromatic N) is 1. The van der Waals surface area contributed by atoms with E-state index >= 15 is 0 Å². The lowest BCUT2D eigenvalue weighted by Gasteiger charge is -2.20. The summed E-state index contributed by atoms with van der Waals surface area (Å²) in [6.45, 7) is 0. The van der Waals surface area contributed by atoms with Gasteiger partial charge in [-0.1, -0.05) is 30.3 Å². The Bertz CT molecular complexity index is 1510. The van der Waals surface area contributed by atoms with Crippen LogP contribution in [0.3, 0.4) is 0 Å². The molecule has 2 heterocycles. The van der Waals surface area contributed by atoms with Crippen LogP contribution >= 0.6 is 0 Å². The number of aryl methyl sites for hydroxylation is 2. The van der Waals surface area contributed by atoms with Crippen molar-refractivity contribution in [2.24, 2.45) is 0 Å². The van der Waals surface area contributed by atoms with Crippen LogP contribution in [0.25, 0.3) is 44.3 Å². The number of fused-ring (bicyclic) bond motifs is 6. The Labute approximate surface area is 194 Å². The average Bonchev–Trinajstić information content (AvgIpc) is 3.26. The van der Waals surface area contributed by atoms with Gasteiger partial charge in [-0.25, -0.2) is 0 Å². The highest BCUT2D eigenvalue weighted by atomic mass is 16.3. The molecule has 2 aromatic heterocycles. The number of hydrogen-bond acceptors (Lipinski definition) is 2. The van der Waals surface area contributed by atoms with Gasteiger partial charge in [0.25, 0.3) is 0 Å². The van der Waals surface area contributed by atoms with Crippen molar-refractivity contribution in [3.05, 3.63) is 89.1 Å². The third-order valence-electron chi connectivity index (χ3n) is 7.72. The van der Waals surface area contributed by atoms with Crippen LogP contribution in [0.1, 0.15) is 47.9 Å². The lowest BCUT2D eigenvalue weighted by atomic mass is 9.84. The van der Waals surface area contributed by atoms with Gasteiger partial charge in [0.2, 0.25) is 0 Å². The summed E-state index contributed by atoms with van der Waals surface area (Å²) in [6.07, 6.45) is 11.6. The highest BCUT2D eigenvalue weighted by molar-refractivity contribution is 6.09. The molecule has 0 spiro atoms. The number of benzene rings is 3. The Hall–Kier alpha value is -3.39. The SMILES string of the molecule is c1ccc(-c2cc3c(oc4ccc(-c5nccc6c5CCCC6)cc43)c3c2CCCC3)cc1. The van der Waals surface area contributed by atoms with Crippen LogP contribution in [0.15, 0.2) is 71.3 Å². The van der Waals surface area contributed by atoms with Gasteiger partial charge in [-0.2, -0.15) is 0 Å². The molecular formula is C31H27NO. The fourth-order valence-corrected chi connectivity index (χ4v) is 6.10. The zero-order valence-corrected chi connectivity index (χ0v) is 18.9. The fourth-order valence-electron chi connectivity index (χ4n) is 6.10. The van der Waals surface area contributed by atoms with Crippen LogP contribution in [0.4, 0.5) is 0 Å². The lowest BCUT2D eigenvalue weighted by molar-refractivity contribution is 0.638. The minimum atomic E-state index is 0.983. The third kappa shape index (κ3) is 3.04. The van der Waals surface area contributed by atoms with Gasteiger partial charge in [0.15, 0.2) is 0 Å². The second kappa shape index (κ2) is 7.59. The van der Waals surface area contributed by atoms with Gasteiger partial charge in [0, 0.05) is 22.5 Å². The lowest BCUT2D eigenvalue weighted by Crippen LogP contribution is -2.05. The zero-order chi connectivity index (χ0) is 21.8. The molecule has 7 rings (SSSR count). The molecule has 0 fully saturated rings. The van der Waals surface area contributed by atoms with E-state index in [1.165, 1.54) is 81.8 Å². The van der Waals surface area contributed by atoms with Gasteiger partial charge >= 0.3 is 0 Å². The quantitative estimate of drug-likeness (QED) is 0.283. The summed E-state index contributed by atoms with van der Waals surface area (Å²) in [7, 11) is 0. The van der Waals surface area contributed by atoms with E-state index < -0.39 is 0 Å². The maximum Gasteiger partial charge on any atom is 0.138 e. The molecule has 0 atom stereocenters. The van der Waals surface area contributed by atoms with Crippen molar-refractivity contribution in [2.75, 3.05) is 0 Å². The number of furan rings is 1. The van der Waals surface area contributed by atoms with E-state index in [4.69, 9.17) is 9.40 Å². The first kappa shape index (κ1) is 19.1. The van der Waals surface area contributed by atoms with Crippen molar-refractivity contribution >= 4 is 21.9 Å². The van der Waals surface area contributed by atoms with Gasteiger partial charge in [-0.05, 0) is 115 Å². The highest BCUT2D eigenvalue weighted by Crippen LogP contribution is 2.42. The molecule has 0 saturated carbocycles. The molecule has 0 aliphatic heterocycles. The molecule has 0 saturated heterocycles. The number of pyridine rings is 1. The van der Waals surface area contributed by atoms with Crippen LogP contribution in [-0.2, 0) is 25.7 Å². The summed E-state index contributed by atoms with van der Waals surface area (Å²) in [4.78, 5) is 4.84. The van der Waals surface area contributed by atoms with Crippen LogP contribution in [0.5, 0.6) is 0 Å². The second-order valence-corrected chi connectivity index (χ2v) is 9.65. The van der Waals surface area contributed by atoms with Crippen molar-refractivity contribution in [2.45, 2.75) is 51.4 Å². The van der Waals surface area contributed by atoms with Crippen molar-refractivity contribution < 1.29 is 4.42 Å². The number of aromatic nitrogens is 1. The summed E-state index contributed by atoms with van der Waals surface area (Å²) in [5, 5.41) is 2.46. The highest BCUT2D eigenvalue weighted by Gasteiger charge is 2.23. The number of hydrogen-bond donors (Lipinski definition) is 0. The van der Waals surface area contributed by atoms with E-state index in [2.05, 4.69) is 60.7 Å². The summed E-state index contributed by atoms with van der Waals surface area (Å²) < 4.78 is 6.52. The average molecular weight is 430 g/mol. The minimum Gasteiger partial charge on any atom is -0.456 e. The molecule has 2 heteroatoms. The Morgan fingerprint density at radius 1 is 0.636 bits per heavy atom. The topological polar surface area (TPSA) is 26.0 Å². The molecular weight excluding hydrogens is 402 g/mol. The Morgan fingerprint density at radius 2 is 1.42 bits per heavy atom. The molecule has 0 bridgehead atoms. The molecule has 2 aliphatic carbocycles. The molecule has 162 valence electrons. The minimum absolute atomic E-state index is 0.983. The van der Waals surface area contributed by atoms with Crippen molar-refractivity contribution in [3.63, 3.8) is 0 Å². The van der Waals surface area contributed by atoms with E-state index in [1.807, 2.05) is 6.20 Å². The van der Waals surface area contributed by atoms with E-state index in [9.17, 15) is 0 Å². The Morgan fingerprint density at radius 3 is 2.30 bits per heavy atom. The summed E-state index contributed by atoms with van der Waals surface area (Å²) in [5.41, 5.74) is 13.0. The van der Waals surface area contributed by atoms with E-state index in [1.54, 1.807) is 0 Å². The molecule has 3 aromatic carbocycles. The molecule has 0 N–H and O–H groups in total. The second-order valence-electron chi connectivity index (χ2n) is 9.65. The van der Waals surface area contributed by atoms with E-state index in [0.717, 1.165) is 36.1 Å². The standard InChI is InChI=1S/C31H27NO/c1-2-8-20(9-3-1)26-19-28-27-18-22(30-23-11-5-4-10-21(23)16-17-32-30)14-15-29(27)33-31(28)25-13-7-6-12-24(25)26/h1-3,8-9,14-19H,4-7,10-13H2. The molecule has 0 unspecified atom stereocenters. The third-order valence-corrected chi connectivity index (χ3v) is 7.72. The monoisotopic (exact) mass is 429 g/mol. The predicted octanol–water partition coefficient (Wildman–Crippen LogP) is 8.07. The van der Waals surface area contributed by atoms with Crippen molar-refractivity contribution in [1.82, 2.24) is 4.98 Å².